The van der Waals surface area contributed by atoms with E-state index in [4.69, 9.17) is 0 Å². The van der Waals surface area contributed by atoms with E-state index in [1.54, 1.807) is 11.4 Å². The quantitative estimate of drug-likeness (QED) is 0.786. The van der Waals surface area contributed by atoms with Gasteiger partial charge in [-0.25, -0.2) is 16.8 Å². The molecule has 1 aliphatic rings. The molecule has 26 heavy (non-hydrogen) atoms. The number of rotatable bonds is 5. The van der Waals surface area contributed by atoms with Crippen molar-refractivity contribution >= 4 is 42.9 Å². The van der Waals surface area contributed by atoms with E-state index in [1.165, 1.54) is 30.3 Å². The molecule has 0 saturated heterocycles. The van der Waals surface area contributed by atoms with Crippen molar-refractivity contribution in [2.45, 2.75) is 34.8 Å². The van der Waals surface area contributed by atoms with Crippen LogP contribution in [0.3, 0.4) is 0 Å². The molecule has 0 saturated carbocycles. The summed E-state index contributed by atoms with van der Waals surface area (Å²) in [7, 11) is -7.40. The van der Waals surface area contributed by atoms with Crippen molar-refractivity contribution in [2.75, 3.05) is 11.3 Å². The number of hydrogen-bond acceptors (Lipinski definition) is 6. The number of nitrogens with zero attached hydrogens (tertiary/aromatic N) is 1. The molecular weight excluding hydrogens is 394 g/mol. The van der Waals surface area contributed by atoms with Crippen molar-refractivity contribution in [2.24, 2.45) is 4.99 Å². The molecule has 0 aliphatic carbocycles. The fourth-order valence-corrected chi connectivity index (χ4v) is 5.64. The van der Waals surface area contributed by atoms with Gasteiger partial charge in [0.1, 0.15) is 10.0 Å². The lowest BCUT2D eigenvalue weighted by atomic mass is 10.2. The van der Waals surface area contributed by atoms with Crippen LogP contribution in [0.4, 0.5) is 5.69 Å². The minimum Gasteiger partial charge on any atom is -0.279 e. The van der Waals surface area contributed by atoms with Gasteiger partial charge in [-0.2, -0.15) is 0 Å². The second kappa shape index (κ2) is 7.77. The van der Waals surface area contributed by atoms with Crippen molar-refractivity contribution in [1.82, 2.24) is 4.72 Å². The van der Waals surface area contributed by atoms with Crippen LogP contribution in [0.5, 0.6) is 0 Å². The second-order valence-electron chi connectivity index (χ2n) is 5.81. The summed E-state index contributed by atoms with van der Waals surface area (Å²) in [6, 6.07) is 8.74. The van der Waals surface area contributed by atoms with Crippen LogP contribution in [0.2, 0.25) is 0 Å². The average molecular weight is 414 g/mol. The van der Waals surface area contributed by atoms with Gasteiger partial charge in [0.2, 0.25) is 0 Å². The highest BCUT2D eigenvalue weighted by Gasteiger charge is 2.19. The number of benzene rings is 1. The molecule has 0 atom stereocenters. The summed E-state index contributed by atoms with van der Waals surface area (Å²) in [5.74, 6) is 0.477. The molecule has 0 bridgehead atoms. The zero-order valence-corrected chi connectivity index (χ0v) is 16.3. The fourth-order valence-electron chi connectivity index (χ4n) is 2.50. The SMILES string of the molecule is O=S(=O)(NC1=NCCCCC1)c1ccc(NS(=O)(=O)c2cccs2)cc1. The smallest absolute Gasteiger partial charge is 0.271 e. The van der Waals surface area contributed by atoms with E-state index >= 15 is 0 Å². The summed E-state index contributed by atoms with van der Waals surface area (Å²) < 4.78 is 54.5. The maximum Gasteiger partial charge on any atom is 0.271 e. The molecule has 0 fully saturated rings. The third kappa shape index (κ3) is 4.63. The van der Waals surface area contributed by atoms with Crippen LogP contribution in [0.1, 0.15) is 25.7 Å². The Labute approximate surface area is 157 Å². The molecule has 1 aromatic heterocycles. The average Bonchev–Trinajstić information content (AvgIpc) is 3.03. The summed E-state index contributed by atoms with van der Waals surface area (Å²) >= 11 is 1.11. The van der Waals surface area contributed by atoms with Crippen molar-refractivity contribution in [3.8, 4) is 0 Å². The van der Waals surface area contributed by atoms with Gasteiger partial charge in [-0.3, -0.25) is 14.4 Å². The lowest BCUT2D eigenvalue weighted by Gasteiger charge is -2.11. The molecule has 3 rings (SSSR count). The number of sulfonamides is 2. The molecule has 1 aromatic carbocycles. The van der Waals surface area contributed by atoms with E-state index in [0.29, 0.717) is 24.5 Å². The predicted molar refractivity (Wildman–Crippen MR) is 103 cm³/mol. The number of hydrogen-bond donors (Lipinski definition) is 2. The Morgan fingerprint density at radius 3 is 2.35 bits per heavy atom. The molecule has 140 valence electrons. The molecule has 1 aliphatic heterocycles. The van der Waals surface area contributed by atoms with Gasteiger partial charge in [0.05, 0.1) is 4.90 Å². The third-order valence-electron chi connectivity index (χ3n) is 3.80. The van der Waals surface area contributed by atoms with E-state index in [0.717, 1.165) is 30.6 Å². The normalized spacial score (nSPS) is 15.8. The lowest BCUT2D eigenvalue weighted by molar-refractivity contribution is 0.591. The first-order chi connectivity index (χ1) is 12.4. The van der Waals surface area contributed by atoms with Crippen molar-refractivity contribution in [3.63, 3.8) is 0 Å². The summed E-state index contributed by atoms with van der Waals surface area (Å²) in [5, 5.41) is 1.67. The maximum atomic E-state index is 12.5. The van der Waals surface area contributed by atoms with Crippen molar-refractivity contribution < 1.29 is 16.8 Å². The van der Waals surface area contributed by atoms with E-state index in [-0.39, 0.29) is 9.10 Å². The number of nitrogens with one attached hydrogen (secondary N) is 2. The first-order valence-electron chi connectivity index (χ1n) is 8.09. The highest BCUT2D eigenvalue weighted by Crippen LogP contribution is 2.21. The molecule has 10 heteroatoms. The Bertz CT molecular complexity index is 980. The van der Waals surface area contributed by atoms with Crippen LogP contribution in [0.25, 0.3) is 0 Å². The van der Waals surface area contributed by atoms with Crippen LogP contribution < -0.4 is 9.44 Å². The van der Waals surface area contributed by atoms with Crippen LogP contribution in [-0.4, -0.2) is 29.2 Å². The molecule has 0 amide bonds. The molecule has 2 heterocycles. The van der Waals surface area contributed by atoms with Crippen LogP contribution in [0.15, 0.2) is 55.9 Å². The third-order valence-corrected chi connectivity index (χ3v) is 7.98. The van der Waals surface area contributed by atoms with Crippen LogP contribution in [-0.2, 0) is 20.0 Å². The highest BCUT2D eigenvalue weighted by atomic mass is 32.2. The summed E-state index contributed by atoms with van der Waals surface area (Å²) in [5.41, 5.74) is 0.296. The van der Waals surface area contributed by atoms with Gasteiger partial charge in [0.25, 0.3) is 20.0 Å². The summed E-state index contributed by atoms with van der Waals surface area (Å²) in [4.78, 5) is 4.32. The van der Waals surface area contributed by atoms with E-state index in [1.807, 2.05) is 0 Å². The van der Waals surface area contributed by atoms with E-state index in [9.17, 15) is 16.8 Å². The Hall–Kier alpha value is -1.91. The van der Waals surface area contributed by atoms with Crippen LogP contribution in [0, 0.1) is 0 Å². The molecule has 2 aromatic rings. The number of aliphatic imine (C=N–C) groups is 1. The summed E-state index contributed by atoms with van der Waals surface area (Å²) in [6.45, 7) is 0.626. The lowest BCUT2D eigenvalue weighted by Crippen LogP contribution is -2.30. The molecule has 0 unspecified atom stereocenters. The van der Waals surface area contributed by atoms with Gasteiger partial charge >= 0.3 is 0 Å². The van der Waals surface area contributed by atoms with Crippen LogP contribution >= 0.6 is 11.3 Å². The van der Waals surface area contributed by atoms with E-state index < -0.39 is 20.0 Å². The van der Waals surface area contributed by atoms with Gasteiger partial charge in [-0.05, 0) is 48.6 Å². The Kier molecular flexibility index (Phi) is 5.64. The van der Waals surface area contributed by atoms with Gasteiger partial charge in [0.15, 0.2) is 0 Å². The number of amidine groups is 1. The Morgan fingerprint density at radius 2 is 1.65 bits per heavy atom. The molecule has 0 spiro atoms. The topological polar surface area (TPSA) is 105 Å². The molecule has 0 radical (unpaired) electrons. The highest BCUT2D eigenvalue weighted by molar-refractivity contribution is 7.94. The van der Waals surface area contributed by atoms with Crippen molar-refractivity contribution in [1.29, 1.82) is 0 Å². The first kappa shape index (κ1) is 18.9. The zero-order valence-electron chi connectivity index (χ0n) is 13.9. The van der Waals surface area contributed by atoms with Gasteiger partial charge in [0, 0.05) is 18.7 Å². The largest absolute Gasteiger partial charge is 0.279 e. The van der Waals surface area contributed by atoms with Gasteiger partial charge in [-0.1, -0.05) is 12.5 Å². The minimum atomic E-state index is -3.74. The maximum absolute atomic E-state index is 12.5. The summed E-state index contributed by atoms with van der Waals surface area (Å²) in [6.07, 6.45) is 3.51. The molecule has 7 nitrogen and oxygen atoms in total. The monoisotopic (exact) mass is 413 g/mol. The Morgan fingerprint density at radius 1 is 0.885 bits per heavy atom. The second-order valence-corrected chi connectivity index (χ2v) is 10.3. The minimum absolute atomic E-state index is 0.0588. The van der Waals surface area contributed by atoms with E-state index in [2.05, 4.69) is 14.4 Å². The standard InChI is InChI=1S/C16H19N3O4S3/c20-25(21,19-15-5-2-1-3-11-17-15)14-9-7-13(8-10-14)18-26(22,23)16-6-4-12-24-16/h4,6-10,12,18H,1-3,5,11H2,(H,17,19). The molecular formula is C16H19N3O4S3. The number of thiophene rings is 1. The molecule has 2 N–H and O–H groups in total. The predicted octanol–water partition coefficient (Wildman–Crippen LogP) is 2.80. The number of anilines is 1. The Balaban J connectivity index is 1.73. The van der Waals surface area contributed by atoms with Gasteiger partial charge in [-0.15, -0.1) is 11.3 Å². The zero-order chi connectivity index (χ0) is 18.6. The fraction of sp³-hybridized carbons (Fsp3) is 0.312. The first-order valence-corrected chi connectivity index (χ1v) is 11.9. The van der Waals surface area contributed by atoms with Crippen molar-refractivity contribution in [3.05, 3.63) is 41.8 Å². The van der Waals surface area contributed by atoms with Gasteiger partial charge < -0.3 is 0 Å².